The molecule has 0 aliphatic carbocycles. The summed E-state index contributed by atoms with van der Waals surface area (Å²) in [6.07, 6.45) is 0. The zero-order valence-corrected chi connectivity index (χ0v) is 10.7. The maximum Gasteiger partial charge on any atom is 0.120 e. The minimum absolute atomic E-state index is 0. The van der Waals surface area contributed by atoms with Crippen molar-refractivity contribution in [3.05, 3.63) is 29.3 Å². The summed E-state index contributed by atoms with van der Waals surface area (Å²) in [5.74, 6) is 0.0491. The van der Waals surface area contributed by atoms with Gasteiger partial charge in [0, 0.05) is 23.6 Å². The molecule has 0 aliphatic heterocycles. The minimum atomic E-state index is -0.550. The first-order chi connectivity index (χ1) is 7.42. The summed E-state index contributed by atoms with van der Waals surface area (Å²) in [7, 11) is 0. The number of nitriles is 1. The van der Waals surface area contributed by atoms with Crippen molar-refractivity contribution in [2.24, 2.45) is 11.1 Å². The molecule has 0 unspecified atom stereocenters. The Labute approximate surface area is 107 Å². The quantitative estimate of drug-likeness (QED) is 0.768. The first-order valence-corrected chi connectivity index (χ1v) is 5.02. The van der Waals surface area contributed by atoms with Crippen LogP contribution in [0.3, 0.4) is 0 Å². The summed E-state index contributed by atoms with van der Waals surface area (Å²) < 4.78 is 0. The molecule has 0 heterocycles. The Balaban J connectivity index is 0.00000256. The predicted molar refractivity (Wildman–Crippen MR) is 67.9 cm³/mol. The summed E-state index contributed by atoms with van der Waals surface area (Å²) >= 11 is 0. The van der Waals surface area contributed by atoms with E-state index in [0.717, 1.165) is 0 Å². The van der Waals surface area contributed by atoms with Gasteiger partial charge in [-0.25, -0.2) is 0 Å². The second kappa shape index (κ2) is 5.87. The van der Waals surface area contributed by atoms with Gasteiger partial charge in [-0.05, 0) is 18.2 Å². The van der Waals surface area contributed by atoms with E-state index in [1.807, 2.05) is 6.07 Å². The van der Waals surface area contributed by atoms with Gasteiger partial charge in [0.2, 0.25) is 0 Å². The normalized spacial score (nSPS) is 12.4. The molecule has 17 heavy (non-hydrogen) atoms. The van der Waals surface area contributed by atoms with E-state index >= 15 is 0 Å². The average molecular weight is 257 g/mol. The highest BCUT2D eigenvalue weighted by Crippen LogP contribution is 2.35. The zero-order chi connectivity index (χ0) is 12.3. The van der Waals surface area contributed by atoms with Gasteiger partial charge in [0.25, 0.3) is 0 Å². The van der Waals surface area contributed by atoms with Crippen molar-refractivity contribution < 1.29 is 10.2 Å². The Morgan fingerprint density at radius 1 is 1.47 bits per heavy atom. The van der Waals surface area contributed by atoms with E-state index in [9.17, 15) is 10.2 Å². The summed E-state index contributed by atoms with van der Waals surface area (Å²) in [6, 6.07) is 5.99. The molecule has 0 fully saturated rings. The Morgan fingerprint density at radius 3 is 2.53 bits per heavy atom. The predicted octanol–water partition coefficient (Wildman–Crippen LogP) is 1.70. The number of phenols is 1. The van der Waals surface area contributed by atoms with Crippen LogP contribution in [-0.2, 0) is 0 Å². The number of aromatic hydroxyl groups is 1. The Hall–Kier alpha value is -1.28. The van der Waals surface area contributed by atoms with Crippen LogP contribution in [0.15, 0.2) is 18.2 Å². The number of halogens is 1. The Bertz CT molecular complexity index is 427. The van der Waals surface area contributed by atoms with Crippen molar-refractivity contribution in [2.75, 3.05) is 6.61 Å². The molecule has 0 bridgehead atoms. The van der Waals surface area contributed by atoms with Crippen LogP contribution in [0.2, 0.25) is 0 Å². The van der Waals surface area contributed by atoms with Crippen LogP contribution in [0, 0.1) is 16.7 Å². The second-order valence-corrected chi connectivity index (χ2v) is 4.51. The van der Waals surface area contributed by atoms with E-state index in [1.54, 1.807) is 19.9 Å². The number of benzene rings is 1. The molecule has 4 nitrogen and oxygen atoms in total. The smallest absolute Gasteiger partial charge is 0.120 e. The molecule has 0 radical (unpaired) electrons. The van der Waals surface area contributed by atoms with E-state index in [1.165, 1.54) is 12.1 Å². The fraction of sp³-hybridized carbons (Fsp3) is 0.417. The molecule has 1 aromatic rings. The number of phenolic OH excluding ortho intramolecular Hbond substituents is 1. The maximum atomic E-state index is 9.69. The van der Waals surface area contributed by atoms with Crippen LogP contribution in [0.4, 0.5) is 0 Å². The molecule has 0 saturated carbocycles. The molecule has 0 aromatic heterocycles. The second-order valence-electron chi connectivity index (χ2n) is 4.51. The van der Waals surface area contributed by atoms with Gasteiger partial charge in [0.05, 0.1) is 11.6 Å². The molecular weight excluding hydrogens is 240 g/mol. The van der Waals surface area contributed by atoms with Gasteiger partial charge in [0.1, 0.15) is 5.75 Å². The first kappa shape index (κ1) is 15.7. The molecule has 1 atom stereocenters. The molecule has 0 saturated heterocycles. The van der Waals surface area contributed by atoms with Crippen LogP contribution >= 0.6 is 12.4 Å². The third-order valence-corrected chi connectivity index (χ3v) is 2.74. The highest BCUT2D eigenvalue weighted by atomic mass is 35.5. The fourth-order valence-electron chi connectivity index (χ4n) is 1.39. The lowest BCUT2D eigenvalue weighted by Gasteiger charge is -2.30. The summed E-state index contributed by atoms with van der Waals surface area (Å²) in [5, 5.41) is 27.7. The molecular formula is C12H17ClN2O2. The highest BCUT2D eigenvalue weighted by molar-refractivity contribution is 5.85. The maximum absolute atomic E-state index is 9.69. The summed E-state index contributed by atoms with van der Waals surface area (Å²) in [6.45, 7) is 3.51. The van der Waals surface area contributed by atoms with E-state index in [-0.39, 0.29) is 24.8 Å². The lowest BCUT2D eigenvalue weighted by Crippen LogP contribution is -2.32. The van der Waals surface area contributed by atoms with Gasteiger partial charge in [-0.3, -0.25) is 0 Å². The average Bonchev–Trinajstić information content (AvgIpc) is 2.29. The van der Waals surface area contributed by atoms with E-state index in [0.29, 0.717) is 11.1 Å². The topological polar surface area (TPSA) is 90.3 Å². The largest absolute Gasteiger partial charge is 0.508 e. The van der Waals surface area contributed by atoms with Gasteiger partial charge >= 0.3 is 0 Å². The third-order valence-electron chi connectivity index (χ3n) is 2.74. The van der Waals surface area contributed by atoms with Crippen LogP contribution < -0.4 is 5.73 Å². The number of hydrogen-bond donors (Lipinski definition) is 3. The van der Waals surface area contributed by atoms with Crippen LogP contribution in [0.1, 0.15) is 31.0 Å². The molecule has 4 N–H and O–H groups in total. The first-order valence-electron chi connectivity index (χ1n) is 5.02. The summed E-state index contributed by atoms with van der Waals surface area (Å²) in [5.41, 5.74) is 6.35. The summed E-state index contributed by atoms with van der Waals surface area (Å²) in [4.78, 5) is 0. The van der Waals surface area contributed by atoms with E-state index in [4.69, 9.17) is 11.0 Å². The van der Waals surface area contributed by atoms with Gasteiger partial charge < -0.3 is 15.9 Å². The number of aliphatic hydroxyl groups is 1. The van der Waals surface area contributed by atoms with Crippen LogP contribution in [0.25, 0.3) is 0 Å². The number of nitrogens with two attached hydrogens (primary N) is 1. The van der Waals surface area contributed by atoms with Gasteiger partial charge in [-0.15, -0.1) is 12.4 Å². The number of nitrogens with zero attached hydrogens (tertiary/aromatic N) is 1. The van der Waals surface area contributed by atoms with Crippen LogP contribution in [0.5, 0.6) is 5.75 Å². The van der Waals surface area contributed by atoms with Crippen molar-refractivity contribution in [2.45, 2.75) is 19.9 Å². The van der Waals surface area contributed by atoms with Crippen molar-refractivity contribution in [1.82, 2.24) is 0 Å². The zero-order valence-electron chi connectivity index (χ0n) is 9.84. The van der Waals surface area contributed by atoms with Crippen molar-refractivity contribution in [1.29, 1.82) is 5.26 Å². The molecule has 0 aliphatic rings. The Morgan fingerprint density at radius 2 is 2.06 bits per heavy atom. The molecule has 1 aromatic carbocycles. The van der Waals surface area contributed by atoms with Gasteiger partial charge in [0.15, 0.2) is 0 Å². The minimum Gasteiger partial charge on any atom is -0.508 e. The molecule has 0 spiro atoms. The van der Waals surface area contributed by atoms with E-state index in [2.05, 4.69) is 0 Å². The highest BCUT2D eigenvalue weighted by Gasteiger charge is 2.28. The molecule has 0 amide bonds. The number of rotatable bonds is 3. The monoisotopic (exact) mass is 256 g/mol. The van der Waals surface area contributed by atoms with Gasteiger partial charge in [-0.1, -0.05) is 13.8 Å². The van der Waals surface area contributed by atoms with Crippen molar-refractivity contribution in [3.8, 4) is 11.8 Å². The van der Waals surface area contributed by atoms with E-state index < -0.39 is 11.5 Å². The standard InChI is InChI=1S/C12H16N2O2.ClH/c1-12(2,7-15)11(14)9-5-8(6-13)3-4-10(9)16;/h3-5,11,15-16H,7,14H2,1-2H3;1H/t11-;/m0./s1. The SMILES string of the molecule is CC(C)(CO)[C@@H](N)c1cc(C#N)ccc1O.Cl. The molecule has 94 valence electrons. The van der Waals surface area contributed by atoms with Crippen molar-refractivity contribution >= 4 is 12.4 Å². The van der Waals surface area contributed by atoms with Crippen LogP contribution in [-0.4, -0.2) is 16.8 Å². The fourth-order valence-corrected chi connectivity index (χ4v) is 1.39. The third kappa shape index (κ3) is 3.34. The van der Waals surface area contributed by atoms with Gasteiger partial charge in [-0.2, -0.15) is 5.26 Å². The number of hydrogen-bond acceptors (Lipinski definition) is 4. The lowest BCUT2D eigenvalue weighted by molar-refractivity contribution is 0.131. The number of aliphatic hydroxyl groups excluding tert-OH is 1. The molecule has 5 heteroatoms. The lowest BCUT2D eigenvalue weighted by atomic mass is 9.81. The van der Waals surface area contributed by atoms with Crippen molar-refractivity contribution in [3.63, 3.8) is 0 Å². The molecule has 1 rings (SSSR count). The Kier molecular flexibility index (Phi) is 5.43.